The van der Waals surface area contributed by atoms with Crippen molar-refractivity contribution in [1.82, 2.24) is 10.3 Å². The molecule has 2 aromatic carbocycles. The fourth-order valence-corrected chi connectivity index (χ4v) is 4.68. The van der Waals surface area contributed by atoms with Crippen molar-refractivity contribution in [2.45, 2.75) is 59.7 Å². The number of nitrogens with zero attached hydrogens (tertiary/aromatic N) is 2. The molecule has 0 bridgehead atoms. The molecule has 0 spiro atoms. The SMILES string of the molecule is CCCCC(Oc1ccc(C(N)=NO)cc1)Oc1ccc(-c2nc(C)sc2CCNCC(C)C)cc1. The molecule has 0 aliphatic carbocycles. The number of rotatable bonds is 14. The number of thiazole rings is 1. The molecular weight excluding hydrogens is 472 g/mol. The summed E-state index contributed by atoms with van der Waals surface area (Å²) >= 11 is 1.77. The van der Waals surface area contributed by atoms with Gasteiger partial charge in [-0.15, -0.1) is 11.3 Å². The van der Waals surface area contributed by atoms with Gasteiger partial charge in [0.1, 0.15) is 11.5 Å². The number of amidine groups is 1. The maximum atomic E-state index is 8.84. The fourth-order valence-electron chi connectivity index (χ4n) is 3.73. The van der Waals surface area contributed by atoms with Crippen LogP contribution >= 0.6 is 11.3 Å². The lowest BCUT2D eigenvalue weighted by atomic mass is 10.1. The quantitative estimate of drug-likeness (QED) is 0.0616. The average molecular weight is 511 g/mol. The number of ether oxygens (including phenoxy) is 2. The van der Waals surface area contributed by atoms with Crippen molar-refractivity contribution in [2.75, 3.05) is 13.1 Å². The predicted molar refractivity (Wildman–Crippen MR) is 147 cm³/mol. The Labute approximate surface area is 218 Å². The smallest absolute Gasteiger partial charge is 0.241 e. The molecule has 0 amide bonds. The van der Waals surface area contributed by atoms with Gasteiger partial charge in [-0.1, -0.05) is 32.3 Å². The number of hydrogen-bond acceptors (Lipinski definition) is 7. The maximum absolute atomic E-state index is 8.84. The summed E-state index contributed by atoms with van der Waals surface area (Å²) in [5.74, 6) is 2.12. The monoisotopic (exact) mass is 510 g/mol. The highest BCUT2D eigenvalue weighted by atomic mass is 32.1. The number of nitrogens with two attached hydrogens (primary N) is 1. The first-order valence-electron chi connectivity index (χ1n) is 12.6. The van der Waals surface area contributed by atoms with E-state index in [-0.39, 0.29) is 5.84 Å². The van der Waals surface area contributed by atoms with Gasteiger partial charge in [0.15, 0.2) is 5.84 Å². The van der Waals surface area contributed by atoms with E-state index < -0.39 is 6.29 Å². The summed E-state index contributed by atoms with van der Waals surface area (Å²) in [5.41, 5.74) is 8.42. The van der Waals surface area contributed by atoms with E-state index in [2.05, 4.69) is 50.3 Å². The number of aryl methyl sites for hydroxylation is 1. The van der Waals surface area contributed by atoms with Gasteiger partial charge in [-0.2, -0.15) is 0 Å². The number of hydrogen-bond donors (Lipinski definition) is 3. The molecule has 0 radical (unpaired) electrons. The Hall–Kier alpha value is -3.10. The summed E-state index contributed by atoms with van der Waals surface area (Å²) in [4.78, 5) is 6.10. The topological polar surface area (TPSA) is 102 Å². The molecule has 194 valence electrons. The molecule has 1 aromatic heterocycles. The zero-order valence-corrected chi connectivity index (χ0v) is 22.5. The first-order chi connectivity index (χ1) is 17.4. The molecule has 0 aliphatic rings. The Morgan fingerprint density at radius 3 is 2.31 bits per heavy atom. The highest BCUT2D eigenvalue weighted by molar-refractivity contribution is 7.12. The molecular formula is C28H38N4O3S. The van der Waals surface area contributed by atoms with Gasteiger partial charge in [0, 0.05) is 29.0 Å². The number of aromatic nitrogens is 1. The zero-order valence-electron chi connectivity index (χ0n) is 21.7. The predicted octanol–water partition coefficient (Wildman–Crippen LogP) is 5.98. The second kappa shape index (κ2) is 13.8. The molecule has 0 saturated heterocycles. The first-order valence-corrected chi connectivity index (χ1v) is 13.4. The van der Waals surface area contributed by atoms with Crippen LogP contribution in [0.15, 0.2) is 53.7 Å². The largest absolute Gasteiger partial charge is 0.455 e. The summed E-state index contributed by atoms with van der Waals surface area (Å²) in [6.07, 6.45) is 3.33. The van der Waals surface area contributed by atoms with Gasteiger partial charge < -0.3 is 25.7 Å². The van der Waals surface area contributed by atoms with Gasteiger partial charge in [-0.25, -0.2) is 4.98 Å². The first kappa shape index (κ1) is 27.5. The van der Waals surface area contributed by atoms with E-state index in [1.54, 1.807) is 35.6 Å². The summed E-state index contributed by atoms with van der Waals surface area (Å²) in [6.45, 7) is 10.6. The Balaban J connectivity index is 1.67. The molecule has 1 heterocycles. The molecule has 1 unspecified atom stereocenters. The van der Waals surface area contributed by atoms with Crippen molar-refractivity contribution >= 4 is 17.2 Å². The summed E-state index contributed by atoms with van der Waals surface area (Å²) in [6, 6.07) is 15.2. The van der Waals surface area contributed by atoms with Crippen LogP contribution < -0.4 is 20.5 Å². The molecule has 4 N–H and O–H groups in total. The molecule has 0 aliphatic heterocycles. The van der Waals surface area contributed by atoms with Crippen molar-refractivity contribution in [1.29, 1.82) is 0 Å². The molecule has 8 heteroatoms. The fraction of sp³-hybridized carbons (Fsp3) is 0.429. The van der Waals surface area contributed by atoms with Gasteiger partial charge in [-0.3, -0.25) is 0 Å². The highest BCUT2D eigenvalue weighted by Gasteiger charge is 2.15. The molecule has 0 fully saturated rings. The highest BCUT2D eigenvalue weighted by Crippen LogP contribution is 2.30. The van der Waals surface area contributed by atoms with E-state index >= 15 is 0 Å². The number of nitrogens with one attached hydrogen (secondary N) is 1. The minimum atomic E-state index is -0.422. The Bertz CT molecular complexity index is 1090. The third-order valence-corrected chi connectivity index (χ3v) is 6.63. The third kappa shape index (κ3) is 8.24. The maximum Gasteiger partial charge on any atom is 0.241 e. The van der Waals surface area contributed by atoms with Crippen molar-refractivity contribution in [3.63, 3.8) is 0 Å². The standard InChI is InChI=1S/C28H38N4O3S/c1-5-6-7-26(35-24-14-10-22(11-15-24)28(29)32-33)34-23-12-8-21(9-13-23)27-25(36-20(4)31-27)16-17-30-18-19(2)3/h8-15,19,26,30,33H,5-7,16-18H2,1-4H3,(H2,29,32). The van der Waals surface area contributed by atoms with Gasteiger partial charge in [-0.05, 0) is 80.8 Å². The van der Waals surface area contributed by atoms with Crippen molar-refractivity contribution in [3.05, 3.63) is 64.0 Å². The molecule has 7 nitrogen and oxygen atoms in total. The molecule has 1 atom stereocenters. The number of oxime groups is 1. The van der Waals surface area contributed by atoms with Crippen LogP contribution in [0.2, 0.25) is 0 Å². The minimum absolute atomic E-state index is 0.0608. The van der Waals surface area contributed by atoms with Crippen molar-refractivity contribution in [3.8, 4) is 22.8 Å². The van der Waals surface area contributed by atoms with Crippen LogP contribution in [-0.2, 0) is 6.42 Å². The average Bonchev–Trinajstić information content (AvgIpc) is 3.25. The Morgan fingerprint density at radius 2 is 1.72 bits per heavy atom. The summed E-state index contributed by atoms with van der Waals surface area (Å²) < 4.78 is 12.3. The molecule has 36 heavy (non-hydrogen) atoms. The number of benzene rings is 2. The van der Waals surface area contributed by atoms with Gasteiger partial charge >= 0.3 is 0 Å². The van der Waals surface area contributed by atoms with Gasteiger partial charge in [0.2, 0.25) is 6.29 Å². The number of unbranched alkanes of at least 4 members (excludes halogenated alkanes) is 1. The summed E-state index contributed by atoms with van der Waals surface area (Å²) in [5, 5.41) is 16.5. The van der Waals surface area contributed by atoms with Crippen LogP contribution in [0.1, 0.15) is 55.5 Å². The Kier molecular flexibility index (Phi) is 10.6. The van der Waals surface area contributed by atoms with E-state index in [0.29, 0.717) is 17.2 Å². The van der Waals surface area contributed by atoms with E-state index in [9.17, 15) is 0 Å². The lowest BCUT2D eigenvalue weighted by Gasteiger charge is -2.21. The van der Waals surface area contributed by atoms with Crippen molar-refractivity contribution < 1.29 is 14.7 Å². The van der Waals surface area contributed by atoms with Crippen LogP contribution in [0, 0.1) is 12.8 Å². The van der Waals surface area contributed by atoms with Crippen LogP contribution in [0.3, 0.4) is 0 Å². The van der Waals surface area contributed by atoms with E-state index in [1.807, 2.05) is 12.1 Å². The van der Waals surface area contributed by atoms with Gasteiger partial charge in [0.25, 0.3) is 0 Å². The molecule has 3 rings (SSSR count). The van der Waals surface area contributed by atoms with Crippen LogP contribution in [-0.4, -0.2) is 35.4 Å². The second-order valence-electron chi connectivity index (χ2n) is 9.19. The van der Waals surface area contributed by atoms with E-state index in [1.165, 1.54) is 4.88 Å². The molecule has 3 aromatic rings. The Morgan fingerprint density at radius 1 is 1.08 bits per heavy atom. The van der Waals surface area contributed by atoms with Crippen LogP contribution in [0.5, 0.6) is 11.5 Å². The molecule has 0 saturated carbocycles. The van der Waals surface area contributed by atoms with Crippen molar-refractivity contribution in [2.24, 2.45) is 16.8 Å². The van der Waals surface area contributed by atoms with E-state index in [0.717, 1.165) is 60.8 Å². The van der Waals surface area contributed by atoms with Gasteiger partial charge in [0.05, 0.1) is 10.7 Å². The lowest BCUT2D eigenvalue weighted by Crippen LogP contribution is -2.24. The van der Waals surface area contributed by atoms with E-state index in [4.69, 9.17) is 25.4 Å². The second-order valence-corrected chi connectivity index (χ2v) is 10.5. The summed E-state index contributed by atoms with van der Waals surface area (Å²) in [7, 11) is 0. The third-order valence-electron chi connectivity index (χ3n) is 5.60. The van der Waals surface area contributed by atoms with Crippen LogP contribution in [0.25, 0.3) is 11.3 Å². The normalized spacial score (nSPS) is 12.6. The minimum Gasteiger partial charge on any atom is -0.455 e. The lowest BCUT2D eigenvalue weighted by molar-refractivity contribution is -0.00211. The van der Waals surface area contributed by atoms with Crippen LogP contribution in [0.4, 0.5) is 0 Å². The zero-order chi connectivity index (χ0) is 25.9.